The number of benzene rings is 1. The molecule has 1 amide bonds. The molecule has 0 heterocycles. The minimum Gasteiger partial charge on any atom is -0.390 e. The van der Waals surface area contributed by atoms with E-state index in [2.05, 4.69) is 10.6 Å². The maximum absolute atomic E-state index is 11.4. The number of hydrogen-bond acceptors (Lipinski definition) is 3. The Morgan fingerprint density at radius 2 is 2.17 bits per heavy atom. The van der Waals surface area contributed by atoms with E-state index in [4.69, 9.17) is 11.6 Å². The molecule has 0 aromatic heterocycles. The first-order valence-corrected chi connectivity index (χ1v) is 6.57. The Morgan fingerprint density at radius 3 is 2.83 bits per heavy atom. The summed E-state index contributed by atoms with van der Waals surface area (Å²) in [5, 5.41) is 15.2. The second-order valence-corrected chi connectivity index (χ2v) is 4.38. The van der Waals surface area contributed by atoms with E-state index >= 15 is 0 Å². The highest BCUT2D eigenvalue weighted by atomic mass is 35.5. The van der Waals surface area contributed by atoms with Gasteiger partial charge in [-0.05, 0) is 24.6 Å². The van der Waals surface area contributed by atoms with E-state index in [-0.39, 0.29) is 11.8 Å². The molecule has 0 saturated carbocycles. The molecule has 0 bridgehead atoms. The van der Waals surface area contributed by atoms with Gasteiger partial charge in [0.1, 0.15) is 0 Å². The minimum absolute atomic E-state index is 0.00967. The lowest BCUT2D eigenvalue weighted by atomic mass is 10.2. The summed E-state index contributed by atoms with van der Waals surface area (Å²) in [4.78, 5) is 11.4. The van der Waals surface area contributed by atoms with Crippen LogP contribution in [-0.4, -0.2) is 29.5 Å². The number of halogens is 1. The topological polar surface area (TPSA) is 61.4 Å². The molecule has 100 valence electrons. The van der Waals surface area contributed by atoms with Crippen LogP contribution in [-0.2, 0) is 4.79 Å². The average Bonchev–Trinajstić information content (AvgIpc) is 2.36. The lowest BCUT2D eigenvalue weighted by molar-refractivity contribution is -0.116. The fourth-order valence-corrected chi connectivity index (χ4v) is 1.56. The van der Waals surface area contributed by atoms with E-state index in [9.17, 15) is 9.90 Å². The monoisotopic (exact) mass is 270 g/mol. The molecule has 1 unspecified atom stereocenters. The summed E-state index contributed by atoms with van der Waals surface area (Å²) >= 11 is 5.51. The Balaban J connectivity index is 2.53. The molecular weight excluding hydrogens is 252 g/mol. The largest absolute Gasteiger partial charge is 0.390 e. The van der Waals surface area contributed by atoms with Gasteiger partial charge in [-0.15, -0.1) is 11.6 Å². The maximum Gasteiger partial charge on any atom is 0.224 e. The number of amides is 1. The van der Waals surface area contributed by atoms with Crippen molar-refractivity contribution in [3.05, 3.63) is 24.3 Å². The van der Waals surface area contributed by atoms with Gasteiger partial charge in [0.25, 0.3) is 0 Å². The van der Waals surface area contributed by atoms with Crippen molar-refractivity contribution < 1.29 is 9.90 Å². The van der Waals surface area contributed by atoms with Gasteiger partial charge in [0.05, 0.1) is 12.0 Å². The molecule has 4 nitrogen and oxygen atoms in total. The molecule has 0 radical (unpaired) electrons. The predicted molar refractivity (Wildman–Crippen MR) is 75.2 cm³/mol. The first kappa shape index (κ1) is 14.8. The maximum atomic E-state index is 11.4. The first-order chi connectivity index (χ1) is 8.65. The van der Waals surface area contributed by atoms with Crippen LogP contribution in [0.15, 0.2) is 24.3 Å². The molecule has 1 atom stereocenters. The first-order valence-electron chi connectivity index (χ1n) is 6.03. The van der Waals surface area contributed by atoms with Crippen molar-refractivity contribution in [3.63, 3.8) is 0 Å². The lowest BCUT2D eigenvalue weighted by Crippen LogP contribution is -2.20. The zero-order valence-corrected chi connectivity index (χ0v) is 11.2. The molecule has 0 aliphatic heterocycles. The van der Waals surface area contributed by atoms with Crippen molar-refractivity contribution >= 4 is 28.9 Å². The molecule has 1 rings (SSSR count). The van der Waals surface area contributed by atoms with Crippen LogP contribution in [0.25, 0.3) is 0 Å². The van der Waals surface area contributed by atoms with E-state index in [1.807, 2.05) is 31.2 Å². The normalized spacial score (nSPS) is 11.9. The van der Waals surface area contributed by atoms with Crippen molar-refractivity contribution in [3.8, 4) is 0 Å². The van der Waals surface area contributed by atoms with Gasteiger partial charge in [-0.3, -0.25) is 4.79 Å². The van der Waals surface area contributed by atoms with Crippen LogP contribution in [0, 0.1) is 0 Å². The molecule has 0 saturated heterocycles. The summed E-state index contributed by atoms with van der Waals surface area (Å²) in [6.07, 6.45) is 0.763. The number of carbonyl (C=O) groups is 1. The third kappa shape index (κ3) is 5.38. The van der Waals surface area contributed by atoms with Gasteiger partial charge in [0.15, 0.2) is 0 Å². The van der Waals surface area contributed by atoms with Crippen molar-refractivity contribution in [2.24, 2.45) is 0 Å². The standard InChI is InChI=1S/C13H19ClN2O2/c1-2-4-13(18)16-11-6-3-5-10(7-11)15-9-12(17)8-14/h3,5-7,12,15,17H,2,4,8-9H2,1H3,(H,16,18). The third-order valence-corrected chi connectivity index (χ3v) is 2.70. The molecule has 0 fully saturated rings. The van der Waals surface area contributed by atoms with Crippen LogP contribution >= 0.6 is 11.6 Å². The van der Waals surface area contributed by atoms with E-state index < -0.39 is 6.10 Å². The highest BCUT2D eigenvalue weighted by molar-refractivity contribution is 6.18. The molecule has 5 heteroatoms. The highest BCUT2D eigenvalue weighted by Crippen LogP contribution is 2.15. The van der Waals surface area contributed by atoms with E-state index in [0.717, 1.165) is 17.8 Å². The summed E-state index contributed by atoms with van der Waals surface area (Å²) in [6, 6.07) is 7.37. The second-order valence-electron chi connectivity index (χ2n) is 4.07. The van der Waals surface area contributed by atoms with Crippen molar-refractivity contribution in [2.75, 3.05) is 23.1 Å². The smallest absolute Gasteiger partial charge is 0.224 e. The van der Waals surface area contributed by atoms with Gasteiger partial charge in [0, 0.05) is 24.3 Å². The number of anilines is 2. The molecule has 1 aromatic rings. The Hall–Kier alpha value is -1.26. The summed E-state index contributed by atoms with van der Waals surface area (Å²) < 4.78 is 0. The fourth-order valence-electron chi connectivity index (χ4n) is 1.45. The van der Waals surface area contributed by atoms with Gasteiger partial charge in [-0.1, -0.05) is 13.0 Å². The van der Waals surface area contributed by atoms with Crippen LogP contribution in [0.1, 0.15) is 19.8 Å². The molecule has 3 N–H and O–H groups in total. The Morgan fingerprint density at radius 1 is 1.44 bits per heavy atom. The summed E-state index contributed by atoms with van der Waals surface area (Å²) in [6.45, 7) is 2.35. The van der Waals surface area contributed by atoms with Crippen LogP contribution in [0.2, 0.25) is 0 Å². The van der Waals surface area contributed by atoms with Gasteiger partial charge in [-0.2, -0.15) is 0 Å². The second kappa shape index (κ2) is 7.95. The Kier molecular flexibility index (Phi) is 6.54. The third-order valence-electron chi connectivity index (χ3n) is 2.34. The van der Waals surface area contributed by atoms with Crippen LogP contribution in [0.5, 0.6) is 0 Å². The van der Waals surface area contributed by atoms with Gasteiger partial charge in [-0.25, -0.2) is 0 Å². The van der Waals surface area contributed by atoms with E-state index in [1.165, 1.54) is 0 Å². The van der Waals surface area contributed by atoms with Gasteiger partial charge in [0.2, 0.25) is 5.91 Å². The van der Waals surface area contributed by atoms with E-state index in [0.29, 0.717) is 13.0 Å². The zero-order valence-electron chi connectivity index (χ0n) is 10.4. The minimum atomic E-state index is -0.579. The van der Waals surface area contributed by atoms with Crippen molar-refractivity contribution in [1.82, 2.24) is 0 Å². The number of hydrogen-bond donors (Lipinski definition) is 3. The molecule has 0 spiro atoms. The van der Waals surface area contributed by atoms with Gasteiger partial charge < -0.3 is 15.7 Å². The molecule has 18 heavy (non-hydrogen) atoms. The van der Waals surface area contributed by atoms with E-state index in [1.54, 1.807) is 0 Å². The number of carbonyl (C=O) groups excluding carboxylic acids is 1. The molecule has 1 aromatic carbocycles. The van der Waals surface area contributed by atoms with Gasteiger partial charge >= 0.3 is 0 Å². The van der Waals surface area contributed by atoms with Crippen LogP contribution in [0.4, 0.5) is 11.4 Å². The zero-order chi connectivity index (χ0) is 13.4. The predicted octanol–water partition coefficient (Wildman–Crippen LogP) is 2.44. The van der Waals surface area contributed by atoms with Crippen molar-refractivity contribution in [1.29, 1.82) is 0 Å². The number of alkyl halides is 1. The number of aliphatic hydroxyl groups is 1. The molecule has 0 aliphatic rings. The Bertz CT molecular complexity index is 385. The SMILES string of the molecule is CCCC(=O)Nc1cccc(NCC(O)CCl)c1. The number of nitrogens with one attached hydrogen (secondary N) is 2. The number of rotatable bonds is 7. The highest BCUT2D eigenvalue weighted by Gasteiger charge is 2.03. The summed E-state index contributed by atoms with van der Waals surface area (Å²) in [5.41, 5.74) is 1.59. The summed E-state index contributed by atoms with van der Waals surface area (Å²) in [7, 11) is 0. The number of aliphatic hydroxyl groups excluding tert-OH is 1. The Labute approximate surface area is 112 Å². The lowest BCUT2D eigenvalue weighted by Gasteiger charge is -2.11. The van der Waals surface area contributed by atoms with Crippen molar-refractivity contribution in [2.45, 2.75) is 25.9 Å². The molecule has 0 aliphatic carbocycles. The quantitative estimate of drug-likeness (QED) is 0.667. The van der Waals surface area contributed by atoms with Crippen LogP contribution < -0.4 is 10.6 Å². The fraction of sp³-hybridized carbons (Fsp3) is 0.462. The molecular formula is C13H19ClN2O2. The average molecular weight is 271 g/mol. The summed E-state index contributed by atoms with van der Waals surface area (Å²) in [5.74, 6) is 0.204. The van der Waals surface area contributed by atoms with Crippen LogP contribution in [0.3, 0.4) is 0 Å².